The fourth-order valence-electron chi connectivity index (χ4n) is 2.70. The third-order valence-corrected chi connectivity index (χ3v) is 4.15. The summed E-state index contributed by atoms with van der Waals surface area (Å²) in [6, 6.07) is 11.9. The molecule has 0 saturated carbocycles. The zero-order valence-corrected chi connectivity index (χ0v) is 14.4. The van der Waals surface area contributed by atoms with Gasteiger partial charge in [0.1, 0.15) is 5.82 Å². The van der Waals surface area contributed by atoms with E-state index in [0.29, 0.717) is 18.1 Å². The van der Waals surface area contributed by atoms with Crippen LogP contribution in [0.2, 0.25) is 0 Å². The fraction of sp³-hybridized carbons (Fsp3) is 0.278. The monoisotopic (exact) mass is 340 g/mol. The first-order chi connectivity index (χ1) is 11.6. The lowest BCUT2D eigenvalue weighted by Crippen LogP contribution is -2.28. The van der Waals surface area contributed by atoms with Crippen molar-refractivity contribution in [3.63, 3.8) is 0 Å². The molecule has 3 rings (SSSR count). The van der Waals surface area contributed by atoms with Crippen molar-refractivity contribution in [1.29, 1.82) is 0 Å². The number of nitrogens with zero attached hydrogens (tertiary/aromatic N) is 2. The number of benzene rings is 1. The molecular formula is C18H20N4OS. The summed E-state index contributed by atoms with van der Waals surface area (Å²) in [6.45, 7) is 3.40. The van der Waals surface area contributed by atoms with Gasteiger partial charge in [-0.15, -0.1) is 0 Å². The molecule has 1 aromatic carbocycles. The van der Waals surface area contributed by atoms with Crippen molar-refractivity contribution in [2.24, 2.45) is 0 Å². The molecule has 1 aromatic heterocycles. The lowest BCUT2D eigenvalue weighted by molar-refractivity contribution is -0.117. The summed E-state index contributed by atoms with van der Waals surface area (Å²) in [7, 11) is 0. The average Bonchev–Trinajstić information content (AvgIpc) is 2.99. The Morgan fingerprint density at radius 1 is 1.33 bits per heavy atom. The molecule has 124 valence electrons. The third-order valence-electron chi connectivity index (χ3n) is 3.91. The van der Waals surface area contributed by atoms with Gasteiger partial charge in [-0.2, -0.15) is 0 Å². The molecule has 2 N–H and O–H groups in total. The summed E-state index contributed by atoms with van der Waals surface area (Å²) >= 11 is 5.31. The van der Waals surface area contributed by atoms with Crippen LogP contribution in [0.25, 0.3) is 0 Å². The maximum Gasteiger partial charge on any atom is 0.227 e. The molecule has 0 bridgehead atoms. The Hall–Kier alpha value is -2.47. The van der Waals surface area contributed by atoms with Crippen LogP contribution < -0.4 is 15.5 Å². The normalized spacial score (nSPS) is 13.9. The Morgan fingerprint density at radius 2 is 2.21 bits per heavy atom. The van der Waals surface area contributed by atoms with Gasteiger partial charge in [0.25, 0.3) is 0 Å². The summed E-state index contributed by atoms with van der Waals surface area (Å²) < 4.78 is 0. The maximum absolute atomic E-state index is 11.9. The lowest BCUT2D eigenvalue weighted by atomic mass is 10.2. The highest BCUT2D eigenvalue weighted by Crippen LogP contribution is 2.22. The quantitative estimate of drug-likeness (QED) is 0.838. The van der Waals surface area contributed by atoms with Crippen molar-refractivity contribution in [3.05, 3.63) is 53.7 Å². The van der Waals surface area contributed by atoms with Gasteiger partial charge >= 0.3 is 0 Å². The van der Waals surface area contributed by atoms with Crippen LogP contribution in [0.3, 0.4) is 0 Å². The van der Waals surface area contributed by atoms with Gasteiger partial charge in [-0.3, -0.25) is 4.79 Å². The number of rotatable bonds is 4. The second-order valence-corrected chi connectivity index (χ2v) is 6.25. The first-order valence-corrected chi connectivity index (χ1v) is 8.39. The van der Waals surface area contributed by atoms with Crippen molar-refractivity contribution in [2.75, 3.05) is 16.8 Å². The van der Waals surface area contributed by atoms with Gasteiger partial charge in [0.15, 0.2) is 5.11 Å². The fourth-order valence-corrected chi connectivity index (χ4v) is 2.88. The number of thiocarbonyl (C=S) groups is 1. The van der Waals surface area contributed by atoms with Crippen LogP contribution in [0.4, 0.5) is 11.5 Å². The second kappa shape index (κ2) is 7.40. The van der Waals surface area contributed by atoms with Crippen LogP contribution in [0.1, 0.15) is 24.0 Å². The molecule has 24 heavy (non-hydrogen) atoms. The van der Waals surface area contributed by atoms with E-state index < -0.39 is 0 Å². The van der Waals surface area contributed by atoms with Gasteiger partial charge in [-0.1, -0.05) is 12.1 Å². The van der Waals surface area contributed by atoms with E-state index in [4.69, 9.17) is 12.2 Å². The van der Waals surface area contributed by atoms with E-state index in [-0.39, 0.29) is 5.91 Å². The van der Waals surface area contributed by atoms with Gasteiger partial charge < -0.3 is 15.5 Å². The highest BCUT2D eigenvalue weighted by atomic mass is 32.1. The molecule has 0 aliphatic carbocycles. The van der Waals surface area contributed by atoms with Gasteiger partial charge in [-0.05, 0) is 61.0 Å². The molecule has 2 aromatic rings. The Kier molecular flexibility index (Phi) is 5.05. The number of amides is 1. The highest BCUT2D eigenvalue weighted by Gasteiger charge is 2.21. The highest BCUT2D eigenvalue weighted by molar-refractivity contribution is 7.80. The molecule has 0 unspecified atom stereocenters. The zero-order chi connectivity index (χ0) is 16.9. The Labute approximate surface area is 147 Å². The number of aryl methyl sites for hydroxylation is 1. The van der Waals surface area contributed by atoms with Crippen molar-refractivity contribution in [3.8, 4) is 0 Å². The molecular weight excluding hydrogens is 320 g/mol. The summed E-state index contributed by atoms with van der Waals surface area (Å²) in [6.07, 6.45) is 3.32. The van der Waals surface area contributed by atoms with Gasteiger partial charge in [0, 0.05) is 31.4 Å². The van der Waals surface area contributed by atoms with Crippen LogP contribution in [-0.4, -0.2) is 22.5 Å². The van der Waals surface area contributed by atoms with E-state index in [0.717, 1.165) is 35.6 Å². The molecule has 1 aliphatic rings. The van der Waals surface area contributed by atoms with E-state index in [9.17, 15) is 4.79 Å². The average molecular weight is 340 g/mol. The van der Waals surface area contributed by atoms with E-state index >= 15 is 0 Å². The number of carbonyl (C=O) groups is 1. The first kappa shape index (κ1) is 16.4. The molecule has 1 amide bonds. The van der Waals surface area contributed by atoms with Crippen LogP contribution in [0, 0.1) is 6.92 Å². The summed E-state index contributed by atoms with van der Waals surface area (Å²) in [4.78, 5) is 17.9. The van der Waals surface area contributed by atoms with Crippen molar-refractivity contribution in [1.82, 2.24) is 10.3 Å². The molecule has 2 heterocycles. The molecule has 1 saturated heterocycles. The number of aromatic nitrogens is 1. The van der Waals surface area contributed by atoms with E-state index in [2.05, 4.69) is 15.6 Å². The van der Waals surface area contributed by atoms with Crippen molar-refractivity contribution in [2.45, 2.75) is 26.3 Å². The molecule has 6 heteroatoms. The summed E-state index contributed by atoms with van der Waals surface area (Å²) in [5.41, 5.74) is 3.16. The summed E-state index contributed by atoms with van der Waals surface area (Å²) in [5, 5.41) is 6.77. The van der Waals surface area contributed by atoms with E-state index in [1.165, 1.54) is 0 Å². The number of hydrogen-bond acceptors (Lipinski definition) is 3. The number of anilines is 2. The molecule has 5 nitrogen and oxygen atoms in total. The van der Waals surface area contributed by atoms with Crippen LogP contribution >= 0.6 is 12.2 Å². The van der Waals surface area contributed by atoms with Gasteiger partial charge in [0.2, 0.25) is 5.91 Å². The van der Waals surface area contributed by atoms with Crippen LogP contribution in [0.5, 0.6) is 0 Å². The molecule has 1 aliphatic heterocycles. The largest absolute Gasteiger partial charge is 0.358 e. The zero-order valence-electron chi connectivity index (χ0n) is 13.6. The first-order valence-electron chi connectivity index (χ1n) is 7.98. The molecule has 0 radical (unpaired) electrons. The smallest absolute Gasteiger partial charge is 0.227 e. The number of pyridine rings is 1. The van der Waals surface area contributed by atoms with Crippen LogP contribution in [-0.2, 0) is 11.3 Å². The topological polar surface area (TPSA) is 57.3 Å². The predicted octanol–water partition coefficient (Wildman–Crippen LogP) is 3.00. The summed E-state index contributed by atoms with van der Waals surface area (Å²) in [5.74, 6) is 0.923. The minimum Gasteiger partial charge on any atom is -0.358 e. The Balaban J connectivity index is 1.58. The van der Waals surface area contributed by atoms with Crippen LogP contribution in [0.15, 0.2) is 42.6 Å². The van der Waals surface area contributed by atoms with E-state index in [1.54, 1.807) is 6.20 Å². The minimum atomic E-state index is 0.197. The second-order valence-electron chi connectivity index (χ2n) is 5.84. The number of carbonyl (C=O) groups excluding carboxylic acids is 1. The number of nitrogens with one attached hydrogen (secondary N) is 2. The predicted molar refractivity (Wildman–Crippen MR) is 100 cm³/mol. The van der Waals surface area contributed by atoms with Crippen molar-refractivity contribution >= 4 is 34.7 Å². The standard InChI is InChI=1S/C18H20N4OS/c1-13-7-8-19-16(10-13)21-18(24)20-12-14-4-2-5-15(11-14)22-9-3-6-17(22)23/h2,4-5,7-8,10-11H,3,6,9,12H2,1H3,(H2,19,20,21,24). The maximum atomic E-state index is 11.9. The third kappa shape index (κ3) is 4.08. The SMILES string of the molecule is Cc1ccnc(NC(=S)NCc2cccc(N3CCCC3=O)c2)c1. The van der Waals surface area contributed by atoms with E-state index in [1.807, 2.05) is 48.2 Å². The van der Waals surface area contributed by atoms with Crippen molar-refractivity contribution < 1.29 is 4.79 Å². The molecule has 0 atom stereocenters. The Bertz CT molecular complexity index is 762. The number of hydrogen-bond donors (Lipinski definition) is 2. The molecule has 0 spiro atoms. The van der Waals surface area contributed by atoms with Gasteiger partial charge in [0.05, 0.1) is 0 Å². The van der Waals surface area contributed by atoms with Gasteiger partial charge in [-0.25, -0.2) is 4.98 Å². The molecule has 1 fully saturated rings. The lowest BCUT2D eigenvalue weighted by Gasteiger charge is -2.17. The Morgan fingerprint density at radius 3 is 2.96 bits per heavy atom. The minimum absolute atomic E-state index is 0.197.